The number of amides is 2. The van der Waals surface area contributed by atoms with Crippen molar-refractivity contribution >= 4 is 57.2 Å². The molecule has 0 radical (unpaired) electrons. The molecule has 3 rings (SSSR count). The molecule has 0 saturated carbocycles. The third kappa shape index (κ3) is 10.2. The van der Waals surface area contributed by atoms with Crippen LogP contribution in [0, 0.1) is 0 Å². The second-order valence-corrected chi connectivity index (χ2v) is 11.0. The van der Waals surface area contributed by atoms with Crippen LogP contribution in [0.15, 0.2) is 70.2 Å². The topological polar surface area (TPSA) is 98.2 Å². The van der Waals surface area contributed by atoms with Gasteiger partial charge in [0.1, 0.15) is 11.8 Å². The lowest BCUT2D eigenvalue weighted by Gasteiger charge is -2.21. The molecule has 0 aliphatic heterocycles. The number of nitrogens with one attached hydrogen (secondary N) is 2. The van der Waals surface area contributed by atoms with E-state index < -0.39 is 24.0 Å². The van der Waals surface area contributed by atoms with Crippen LogP contribution in [0.2, 0.25) is 10.0 Å². The predicted molar refractivity (Wildman–Crippen MR) is 170 cm³/mol. The Kier molecular flexibility index (Phi) is 13.4. The number of hydrazone groups is 1. The summed E-state index contributed by atoms with van der Waals surface area (Å²) in [5.74, 6) is 0.499. The molecule has 3 aromatic carbocycles. The maximum atomic E-state index is 13.2. The maximum absolute atomic E-state index is 13.2. The van der Waals surface area contributed by atoms with Gasteiger partial charge in [-0.1, -0.05) is 66.9 Å². The van der Waals surface area contributed by atoms with E-state index in [9.17, 15) is 9.59 Å². The van der Waals surface area contributed by atoms with Crippen LogP contribution in [0.1, 0.15) is 44.7 Å². The van der Waals surface area contributed by atoms with Gasteiger partial charge in [-0.05, 0) is 77.7 Å². The van der Waals surface area contributed by atoms with Crippen LogP contribution < -0.4 is 25.0 Å². The molecule has 8 nitrogen and oxygen atoms in total. The van der Waals surface area contributed by atoms with E-state index in [1.54, 1.807) is 25.1 Å². The Morgan fingerprint density at radius 2 is 1.76 bits per heavy atom. The Morgan fingerprint density at radius 1 is 1.00 bits per heavy atom. The van der Waals surface area contributed by atoms with Gasteiger partial charge in [0.05, 0.1) is 28.9 Å². The lowest BCUT2D eigenvalue weighted by Crippen LogP contribution is -2.50. The van der Waals surface area contributed by atoms with Crippen LogP contribution in [0.5, 0.6) is 17.2 Å². The van der Waals surface area contributed by atoms with Crippen molar-refractivity contribution in [1.82, 2.24) is 10.7 Å². The van der Waals surface area contributed by atoms with Gasteiger partial charge in [-0.25, -0.2) is 5.43 Å². The van der Waals surface area contributed by atoms with E-state index in [0.29, 0.717) is 45.5 Å². The summed E-state index contributed by atoms with van der Waals surface area (Å²) in [4.78, 5) is 26.2. The molecule has 2 N–H and O–H groups in total. The predicted octanol–water partition coefficient (Wildman–Crippen LogP) is 6.98. The van der Waals surface area contributed by atoms with Crippen LogP contribution >= 0.6 is 39.1 Å². The average Bonchev–Trinajstić information content (AvgIpc) is 2.96. The summed E-state index contributed by atoms with van der Waals surface area (Å²) in [6.45, 7) is 6.59. The molecule has 2 atom stereocenters. The summed E-state index contributed by atoms with van der Waals surface area (Å²) in [5.41, 5.74) is 4.08. The molecule has 0 aromatic heterocycles. The number of carbonyl (C=O) groups excluding carboxylic acids is 2. The van der Waals surface area contributed by atoms with Crippen molar-refractivity contribution < 1.29 is 23.8 Å². The van der Waals surface area contributed by atoms with Gasteiger partial charge in [-0.2, -0.15) is 5.10 Å². The van der Waals surface area contributed by atoms with Crippen molar-refractivity contribution in [2.75, 3.05) is 13.2 Å². The highest BCUT2D eigenvalue weighted by molar-refractivity contribution is 9.10. The molecule has 0 saturated heterocycles. The van der Waals surface area contributed by atoms with Gasteiger partial charge in [0, 0.05) is 11.4 Å². The fourth-order valence-corrected chi connectivity index (χ4v) is 4.82. The van der Waals surface area contributed by atoms with E-state index in [0.717, 1.165) is 18.4 Å². The van der Waals surface area contributed by atoms with Crippen LogP contribution in [0.25, 0.3) is 0 Å². The highest BCUT2D eigenvalue weighted by Crippen LogP contribution is 2.36. The largest absolute Gasteiger partial charge is 0.490 e. The van der Waals surface area contributed by atoms with Crippen molar-refractivity contribution in [2.45, 2.75) is 52.2 Å². The van der Waals surface area contributed by atoms with Crippen molar-refractivity contribution in [3.05, 3.63) is 86.3 Å². The molecular weight excluding hydrogens is 645 g/mol. The molecule has 0 heterocycles. The van der Waals surface area contributed by atoms with Crippen LogP contribution in [0.3, 0.4) is 0 Å². The molecule has 11 heteroatoms. The summed E-state index contributed by atoms with van der Waals surface area (Å²) >= 11 is 15.7. The first kappa shape index (κ1) is 33.2. The first-order chi connectivity index (χ1) is 20.2. The number of ether oxygens (including phenoxy) is 3. The van der Waals surface area contributed by atoms with Gasteiger partial charge in [0.25, 0.3) is 11.8 Å². The van der Waals surface area contributed by atoms with E-state index in [2.05, 4.69) is 38.7 Å². The molecule has 0 bridgehead atoms. The minimum Gasteiger partial charge on any atom is -0.490 e. The third-order valence-corrected chi connectivity index (χ3v) is 7.07. The Labute approximate surface area is 264 Å². The minimum atomic E-state index is -0.939. The molecule has 0 spiro atoms. The van der Waals surface area contributed by atoms with E-state index in [4.69, 9.17) is 37.4 Å². The molecule has 0 aliphatic rings. The van der Waals surface area contributed by atoms with Gasteiger partial charge in [-0.15, -0.1) is 0 Å². The zero-order valence-corrected chi connectivity index (χ0v) is 26.8. The quantitative estimate of drug-likeness (QED) is 0.103. The van der Waals surface area contributed by atoms with Crippen LogP contribution in [-0.4, -0.2) is 43.4 Å². The molecule has 3 aromatic rings. The number of halogens is 3. The summed E-state index contributed by atoms with van der Waals surface area (Å²) < 4.78 is 18.1. The first-order valence-electron chi connectivity index (χ1n) is 13.6. The number of benzene rings is 3. The van der Waals surface area contributed by atoms with Gasteiger partial charge in [0.2, 0.25) is 0 Å². The van der Waals surface area contributed by atoms with Crippen molar-refractivity contribution in [1.29, 1.82) is 0 Å². The fourth-order valence-electron chi connectivity index (χ4n) is 3.80. The number of nitrogens with zero attached hydrogens (tertiary/aromatic N) is 1. The van der Waals surface area contributed by atoms with Crippen molar-refractivity contribution in [2.24, 2.45) is 5.10 Å². The smallest absolute Gasteiger partial charge is 0.262 e. The monoisotopic (exact) mass is 677 g/mol. The Bertz CT molecular complexity index is 1370. The molecule has 0 fully saturated rings. The molecule has 0 aliphatic carbocycles. The van der Waals surface area contributed by atoms with E-state index in [-0.39, 0.29) is 11.4 Å². The number of unbranched alkanes of at least 4 members (excludes halogenated alkanes) is 1. The second kappa shape index (κ2) is 17.0. The van der Waals surface area contributed by atoms with E-state index in [1.807, 2.05) is 43.3 Å². The fraction of sp³-hybridized carbons (Fsp3) is 0.323. The zero-order chi connectivity index (χ0) is 30.5. The molecule has 42 heavy (non-hydrogen) atoms. The number of rotatable bonds is 15. The first-order valence-corrected chi connectivity index (χ1v) is 15.1. The van der Waals surface area contributed by atoms with Crippen molar-refractivity contribution in [3.63, 3.8) is 0 Å². The van der Waals surface area contributed by atoms with Gasteiger partial charge >= 0.3 is 0 Å². The molecular formula is C31H34BrCl2N3O5. The highest BCUT2D eigenvalue weighted by atomic mass is 79.9. The summed E-state index contributed by atoms with van der Waals surface area (Å²) in [6.07, 6.45) is 2.74. The lowest BCUT2D eigenvalue weighted by atomic mass is 10.1. The summed E-state index contributed by atoms with van der Waals surface area (Å²) in [5, 5.41) is 7.63. The Morgan fingerprint density at radius 3 is 2.45 bits per heavy atom. The SMILES string of the molecule is CCCCOc1c(Br)cc(/C=N\NC(=O)[C@@H](Cc2ccccc2)NC(=O)[C@H](C)Oc2ccc(Cl)cc2Cl)cc1OCC. The summed E-state index contributed by atoms with van der Waals surface area (Å²) in [6, 6.07) is 16.8. The summed E-state index contributed by atoms with van der Waals surface area (Å²) in [7, 11) is 0. The maximum Gasteiger partial charge on any atom is 0.262 e. The van der Waals surface area contributed by atoms with Crippen LogP contribution in [0.4, 0.5) is 0 Å². The zero-order valence-electron chi connectivity index (χ0n) is 23.7. The standard InChI is InChI=1S/C31H34BrCl2N3O5/c1-4-6-14-41-29-24(32)15-22(17-28(29)40-5-2)19-35-37-31(39)26(16-21-10-8-7-9-11-21)36-30(38)20(3)42-27-13-12-23(33)18-25(27)34/h7-13,15,17-20,26H,4-6,14,16H2,1-3H3,(H,36,38)(H,37,39)/b35-19-/t20-,26+/m0/s1. The highest BCUT2D eigenvalue weighted by Gasteiger charge is 2.25. The third-order valence-electron chi connectivity index (χ3n) is 5.95. The second-order valence-electron chi connectivity index (χ2n) is 9.28. The van der Waals surface area contributed by atoms with E-state index in [1.165, 1.54) is 12.3 Å². The molecule has 2 amide bonds. The van der Waals surface area contributed by atoms with Gasteiger partial charge in [-0.3, -0.25) is 9.59 Å². The minimum absolute atomic E-state index is 0.242. The number of carbonyl (C=O) groups is 2. The Hall–Kier alpha value is -3.27. The number of hydrogen-bond donors (Lipinski definition) is 2. The van der Waals surface area contributed by atoms with E-state index >= 15 is 0 Å². The number of hydrogen-bond acceptors (Lipinski definition) is 6. The van der Waals surface area contributed by atoms with Crippen molar-refractivity contribution in [3.8, 4) is 17.2 Å². The average molecular weight is 679 g/mol. The van der Waals surface area contributed by atoms with Crippen LogP contribution in [-0.2, 0) is 16.0 Å². The normalized spacial score (nSPS) is 12.4. The van der Waals surface area contributed by atoms with Gasteiger partial charge in [0.15, 0.2) is 17.6 Å². The van der Waals surface area contributed by atoms with Gasteiger partial charge < -0.3 is 19.5 Å². The lowest BCUT2D eigenvalue weighted by molar-refractivity contribution is -0.132. The molecule has 0 unspecified atom stereocenters. The molecule has 224 valence electrons. The Balaban J connectivity index is 1.72.